The van der Waals surface area contributed by atoms with Crippen LogP contribution >= 0.6 is 11.6 Å². The van der Waals surface area contributed by atoms with Gasteiger partial charge in [0.05, 0.1) is 0 Å². The zero-order valence-corrected chi connectivity index (χ0v) is 8.01. The summed E-state index contributed by atoms with van der Waals surface area (Å²) < 4.78 is 0. The van der Waals surface area contributed by atoms with E-state index in [-0.39, 0.29) is 5.78 Å². The number of nitrogens with one attached hydrogen (secondary N) is 1. The molecule has 0 aliphatic rings. The molecule has 0 spiro atoms. The van der Waals surface area contributed by atoms with Crippen molar-refractivity contribution in [2.24, 2.45) is 0 Å². The molecule has 0 saturated heterocycles. The van der Waals surface area contributed by atoms with Crippen LogP contribution in [-0.2, 0) is 4.79 Å². The van der Waals surface area contributed by atoms with E-state index < -0.39 is 0 Å². The quantitative estimate of drug-likeness (QED) is 0.752. The van der Waals surface area contributed by atoms with Crippen LogP contribution in [0.1, 0.15) is 6.92 Å². The maximum atomic E-state index is 10.5. The van der Waals surface area contributed by atoms with E-state index >= 15 is 0 Å². The van der Waals surface area contributed by atoms with Crippen molar-refractivity contribution >= 4 is 23.1 Å². The molecule has 0 radical (unpaired) electrons. The molecule has 1 aromatic rings. The van der Waals surface area contributed by atoms with Crippen LogP contribution < -0.4 is 5.32 Å². The Labute approximate surface area is 82.2 Å². The summed E-state index contributed by atoms with van der Waals surface area (Å²) in [6.45, 7) is 1.50. The lowest BCUT2D eigenvalue weighted by molar-refractivity contribution is -0.112. The number of carbonyl (C=O) groups is 1. The third-order valence-electron chi connectivity index (χ3n) is 1.41. The minimum Gasteiger partial charge on any atom is -0.362 e. The van der Waals surface area contributed by atoms with Gasteiger partial charge in [0.2, 0.25) is 0 Å². The van der Waals surface area contributed by atoms with E-state index in [1.807, 2.05) is 12.1 Å². The zero-order valence-electron chi connectivity index (χ0n) is 7.25. The average molecular weight is 196 g/mol. The summed E-state index contributed by atoms with van der Waals surface area (Å²) in [5, 5.41) is 3.64. The van der Waals surface area contributed by atoms with Crippen molar-refractivity contribution in [1.82, 2.24) is 0 Å². The topological polar surface area (TPSA) is 29.1 Å². The number of hydrogen-bond donors (Lipinski definition) is 1. The van der Waals surface area contributed by atoms with Crippen LogP contribution in [0.2, 0.25) is 5.02 Å². The second-order valence-electron chi connectivity index (χ2n) is 2.60. The Kier molecular flexibility index (Phi) is 3.53. The first-order valence-electron chi connectivity index (χ1n) is 3.88. The Morgan fingerprint density at radius 3 is 2.54 bits per heavy atom. The van der Waals surface area contributed by atoms with Gasteiger partial charge in [-0.25, -0.2) is 0 Å². The van der Waals surface area contributed by atoms with E-state index in [0.717, 1.165) is 5.69 Å². The highest BCUT2D eigenvalue weighted by atomic mass is 35.5. The van der Waals surface area contributed by atoms with Gasteiger partial charge in [-0.3, -0.25) is 4.79 Å². The minimum atomic E-state index is 0.0152. The summed E-state index contributed by atoms with van der Waals surface area (Å²) in [5.74, 6) is 0.0152. The van der Waals surface area contributed by atoms with Crippen molar-refractivity contribution in [1.29, 1.82) is 0 Å². The molecule has 68 valence electrons. The predicted molar refractivity (Wildman–Crippen MR) is 54.9 cm³/mol. The smallest absolute Gasteiger partial charge is 0.154 e. The van der Waals surface area contributed by atoms with Gasteiger partial charge in [0.15, 0.2) is 5.78 Å². The van der Waals surface area contributed by atoms with Gasteiger partial charge in [0.25, 0.3) is 0 Å². The van der Waals surface area contributed by atoms with E-state index in [1.54, 1.807) is 18.3 Å². The highest BCUT2D eigenvalue weighted by Gasteiger charge is 1.88. The fraction of sp³-hybridized carbons (Fsp3) is 0.100. The SMILES string of the molecule is CC(=O)/C=C/Nc1ccc(Cl)cc1. The Morgan fingerprint density at radius 1 is 1.38 bits per heavy atom. The molecule has 3 heteroatoms. The number of hydrogen-bond acceptors (Lipinski definition) is 2. The van der Waals surface area contributed by atoms with Crippen LogP contribution in [0.15, 0.2) is 36.5 Å². The molecule has 0 amide bonds. The van der Waals surface area contributed by atoms with Crippen molar-refractivity contribution in [2.45, 2.75) is 6.92 Å². The van der Waals surface area contributed by atoms with Gasteiger partial charge < -0.3 is 5.32 Å². The molecule has 0 aliphatic heterocycles. The van der Waals surface area contributed by atoms with Crippen molar-refractivity contribution in [3.8, 4) is 0 Å². The first kappa shape index (κ1) is 9.81. The Balaban J connectivity index is 2.55. The molecule has 0 saturated carbocycles. The van der Waals surface area contributed by atoms with Crippen molar-refractivity contribution in [2.75, 3.05) is 5.32 Å². The van der Waals surface area contributed by atoms with E-state index in [1.165, 1.54) is 13.0 Å². The van der Waals surface area contributed by atoms with Gasteiger partial charge in [0, 0.05) is 16.9 Å². The van der Waals surface area contributed by atoms with Gasteiger partial charge in [-0.2, -0.15) is 0 Å². The van der Waals surface area contributed by atoms with Crippen molar-refractivity contribution < 1.29 is 4.79 Å². The van der Waals surface area contributed by atoms with E-state index in [4.69, 9.17) is 11.6 Å². The third kappa shape index (κ3) is 3.76. The molecule has 0 aliphatic carbocycles. The highest BCUT2D eigenvalue weighted by molar-refractivity contribution is 6.30. The molecule has 0 aromatic heterocycles. The third-order valence-corrected chi connectivity index (χ3v) is 1.66. The van der Waals surface area contributed by atoms with Gasteiger partial charge in [-0.05, 0) is 37.3 Å². The number of carbonyl (C=O) groups excluding carboxylic acids is 1. The van der Waals surface area contributed by atoms with Crippen molar-refractivity contribution in [3.63, 3.8) is 0 Å². The summed E-state index contributed by atoms with van der Waals surface area (Å²) in [4.78, 5) is 10.5. The molecular weight excluding hydrogens is 186 g/mol. The number of allylic oxidation sites excluding steroid dienone is 1. The average Bonchev–Trinajstić information content (AvgIpc) is 2.08. The molecule has 0 bridgehead atoms. The summed E-state index contributed by atoms with van der Waals surface area (Å²) in [6, 6.07) is 7.25. The Morgan fingerprint density at radius 2 is 2.00 bits per heavy atom. The number of halogens is 1. The largest absolute Gasteiger partial charge is 0.362 e. The monoisotopic (exact) mass is 195 g/mol. The second-order valence-corrected chi connectivity index (χ2v) is 3.03. The van der Waals surface area contributed by atoms with Crippen LogP contribution in [0, 0.1) is 0 Å². The van der Waals surface area contributed by atoms with Crippen LogP contribution in [0.3, 0.4) is 0 Å². The lowest BCUT2D eigenvalue weighted by Gasteiger charge is -1.98. The van der Waals surface area contributed by atoms with E-state index in [2.05, 4.69) is 5.32 Å². The van der Waals surface area contributed by atoms with Crippen LogP contribution in [0.25, 0.3) is 0 Å². The van der Waals surface area contributed by atoms with E-state index in [9.17, 15) is 4.79 Å². The Hall–Kier alpha value is -1.28. The second kappa shape index (κ2) is 4.67. The standard InChI is InChI=1S/C10H10ClNO/c1-8(13)6-7-12-10-4-2-9(11)3-5-10/h2-7,12H,1H3/b7-6+. The first-order valence-corrected chi connectivity index (χ1v) is 4.25. The predicted octanol–water partition coefficient (Wildman–Crippen LogP) is 2.85. The van der Waals surface area contributed by atoms with Gasteiger partial charge in [0.1, 0.15) is 0 Å². The maximum absolute atomic E-state index is 10.5. The lowest BCUT2D eigenvalue weighted by Crippen LogP contribution is -1.89. The normalized spacial score (nSPS) is 10.3. The first-order chi connectivity index (χ1) is 6.18. The molecular formula is C10H10ClNO. The fourth-order valence-corrected chi connectivity index (χ4v) is 0.927. The number of ketones is 1. The fourth-order valence-electron chi connectivity index (χ4n) is 0.801. The number of rotatable bonds is 3. The molecule has 1 aromatic carbocycles. The minimum absolute atomic E-state index is 0.0152. The summed E-state index contributed by atoms with van der Waals surface area (Å²) >= 11 is 5.70. The summed E-state index contributed by atoms with van der Waals surface area (Å²) in [6.07, 6.45) is 3.07. The Bertz CT molecular complexity index is 316. The molecule has 2 nitrogen and oxygen atoms in total. The van der Waals surface area contributed by atoms with Gasteiger partial charge >= 0.3 is 0 Å². The molecule has 1 N–H and O–H groups in total. The molecule has 13 heavy (non-hydrogen) atoms. The van der Waals surface area contributed by atoms with Gasteiger partial charge in [-0.1, -0.05) is 11.6 Å². The number of anilines is 1. The summed E-state index contributed by atoms with van der Waals surface area (Å²) in [5.41, 5.74) is 0.905. The molecule has 0 atom stereocenters. The van der Waals surface area contributed by atoms with Crippen LogP contribution in [0.5, 0.6) is 0 Å². The lowest BCUT2D eigenvalue weighted by atomic mass is 10.3. The zero-order chi connectivity index (χ0) is 9.68. The van der Waals surface area contributed by atoms with Gasteiger partial charge in [-0.15, -0.1) is 0 Å². The maximum Gasteiger partial charge on any atom is 0.154 e. The van der Waals surface area contributed by atoms with Crippen LogP contribution in [-0.4, -0.2) is 5.78 Å². The van der Waals surface area contributed by atoms with Crippen molar-refractivity contribution in [3.05, 3.63) is 41.6 Å². The van der Waals surface area contributed by atoms with E-state index in [0.29, 0.717) is 5.02 Å². The molecule has 1 rings (SSSR count). The number of benzene rings is 1. The van der Waals surface area contributed by atoms with Crippen LogP contribution in [0.4, 0.5) is 5.69 Å². The molecule has 0 heterocycles. The summed E-state index contributed by atoms with van der Waals surface area (Å²) in [7, 11) is 0. The highest BCUT2D eigenvalue weighted by Crippen LogP contribution is 2.12. The molecule has 0 fully saturated rings. The molecule has 0 unspecified atom stereocenters.